The molecular formula is C28H32N2O2. The van der Waals surface area contributed by atoms with Crippen LogP contribution in [0.4, 0.5) is 0 Å². The summed E-state index contributed by atoms with van der Waals surface area (Å²) in [7, 11) is 4.21. The largest absolute Gasteiger partial charge is 0.508 e. The molecule has 2 unspecified atom stereocenters. The third kappa shape index (κ3) is 1.83. The van der Waals surface area contributed by atoms with Gasteiger partial charge in [0.15, 0.2) is 0 Å². The van der Waals surface area contributed by atoms with E-state index >= 15 is 0 Å². The predicted octanol–water partition coefficient (Wildman–Crippen LogP) is 3.95. The molecule has 7 atom stereocenters. The lowest BCUT2D eigenvalue weighted by molar-refractivity contribution is -0.192. The van der Waals surface area contributed by atoms with Crippen LogP contribution in [0.15, 0.2) is 60.7 Å². The topological polar surface area (TPSA) is 44.7 Å². The van der Waals surface area contributed by atoms with Crippen LogP contribution in [-0.4, -0.2) is 48.4 Å². The maximum absolute atomic E-state index is 10.6. The lowest BCUT2D eigenvalue weighted by Crippen LogP contribution is -2.80. The van der Waals surface area contributed by atoms with E-state index < -0.39 is 0 Å². The van der Waals surface area contributed by atoms with Crippen LogP contribution in [0.2, 0.25) is 0 Å². The maximum Gasteiger partial charge on any atom is 0.115 e. The van der Waals surface area contributed by atoms with E-state index in [-0.39, 0.29) is 33.9 Å². The number of hydrogen-bond donors (Lipinski definition) is 2. The highest BCUT2D eigenvalue weighted by molar-refractivity contribution is 5.57. The Morgan fingerprint density at radius 3 is 2.72 bits per heavy atom. The first-order valence-corrected chi connectivity index (χ1v) is 12.0. The molecule has 6 bridgehead atoms. The van der Waals surface area contributed by atoms with Crippen LogP contribution < -0.4 is 5.32 Å². The number of methoxy groups -OCH3 is 1. The second-order valence-electron chi connectivity index (χ2n) is 11.2. The zero-order valence-corrected chi connectivity index (χ0v) is 19.1. The fourth-order valence-corrected chi connectivity index (χ4v) is 9.16. The number of likely N-dealkylation sites (N-methyl/N-ethyl adjacent to an activating group) is 1. The van der Waals surface area contributed by atoms with Gasteiger partial charge in [0.05, 0.1) is 6.04 Å². The summed E-state index contributed by atoms with van der Waals surface area (Å²) < 4.78 is 6.59. The van der Waals surface area contributed by atoms with Crippen LogP contribution in [-0.2, 0) is 16.6 Å². The van der Waals surface area contributed by atoms with E-state index in [0.29, 0.717) is 11.8 Å². The Morgan fingerprint density at radius 2 is 1.94 bits per heavy atom. The molecule has 4 aliphatic carbocycles. The molecule has 32 heavy (non-hydrogen) atoms. The smallest absolute Gasteiger partial charge is 0.115 e. The molecule has 1 saturated carbocycles. The molecule has 0 amide bonds. The lowest BCUT2D eigenvalue weighted by Gasteiger charge is -2.73. The van der Waals surface area contributed by atoms with E-state index in [1.807, 2.05) is 13.2 Å². The molecule has 2 aromatic carbocycles. The summed E-state index contributed by atoms with van der Waals surface area (Å²) in [5.41, 5.74) is 3.58. The van der Waals surface area contributed by atoms with Gasteiger partial charge in [-0.3, -0.25) is 0 Å². The fourth-order valence-electron chi connectivity index (χ4n) is 9.16. The Morgan fingerprint density at radius 1 is 1.12 bits per heavy atom. The van der Waals surface area contributed by atoms with E-state index in [4.69, 9.17) is 4.74 Å². The summed E-state index contributed by atoms with van der Waals surface area (Å²) in [6.07, 6.45) is 8.15. The summed E-state index contributed by atoms with van der Waals surface area (Å²) in [5.74, 6) is 0.378. The van der Waals surface area contributed by atoms with Gasteiger partial charge in [0.25, 0.3) is 0 Å². The number of piperidine rings is 1. The van der Waals surface area contributed by atoms with Crippen LogP contribution in [0.25, 0.3) is 0 Å². The summed E-state index contributed by atoms with van der Waals surface area (Å²) in [4.78, 5) is 2.60. The zero-order chi connectivity index (χ0) is 21.9. The van der Waals surface area contributed by atoms with Gasteiger partial charge in [-0.15, -0.1) is 0 Å². The summed E-state index contributed by atoms with van der Waals surface area (Å²) in [6, 6.07) is 17.9. The first kappa shape index (κ1) is 19.3. The number of benzene rings is 2. The van der Waals surface area contributed by atoms with Crippen molar-refractivity contribution in [3.05, 3.63) is 77.4 Å². The van der Waals surface area contributed by atoms with Crippen molar-refractivity contribution in [3.8, 4) is 5.75 Å². The molecule has 4 nitrogen and oxygen atoms in total. The van der Waals surface area contributed by atoms with Gasteiger partial charge in [-0.1, -0.05) is 55.5 Å². The number of nitrogens with one attached hydrogen (secondary N) is 1. The molecule has 3 fully saturated rings. The Hall–Kier alpha value is -2.14. The minimum absolute atomic E-state index is 0.0248. The number of fused-ring (bicyclic) bond motifs is 1. The predicted molar refractivity (Wildman–Crippen MR) is 125 cm³/mol. The first-order chi connectivity index (χ1) is 15.4. The number of hydrogen-bond acceptors (Lipinski definition) is 4. The molecule has 2 N–H and O–H groups in total. The fraction of sp³-hybridized carbons (Fsp3) is 0.500. The minimum atomic E-state index is -0.379. The average Bonchev–Trinajstić information content (AvgIpc) is 3.02. The number of aromatic hydroxyl groups is 1. The van der Waals surface area contributed by atoms with Crippen molar-refractivity contribution >= 4 is 0 Å². The number of ether oxygens (including phenoxy) is 1. The third-order valence-corrected chi connectivity index (χ3v) is 10.3. The van der Waals surface area contributed by atoms with Crippen molar-refractivity contribution < 1.29 is 9.84 Å². The highest BCUT2D eigenvalue weighted by atomic mass is 16.5. The van der Waals surface area contributed by atoms with E-state index in [9.17, 15) is 5.11 Å². The Bertz CT molecular complexity index is 1150. The van der Waals surface area contributed by atoms with Crippen molar-refractivity contribution in [2.75, 3.05) is 20.7 Å². The van der Waals surface area contributed by atoms with Gasteiger partial charge in [-0.2, -0.15) is 0 Å². The standard InChI is InChI=1S/C28H32N2O2/c1-25-17-26-11-12-28(25,32-3)24(29-23(25)18-7-5-4-6-8-18)27(26)13-14-30(2)22(26)15-19-9-10-20(31)16-21(19)27/h4-12,16,22-24,29,31H,13-15,17H2,1-3H3/t22-,23-,24+,25?,26?,27+,28+/m1/s1. The van der Waals surface area contributed by atoms with Gasteiger partial charge in [-0.25, -0.2) is 0 Å². The second-order valence-corrected chi connectivity index (χ2v) is 11.2. The van der Waals surface area contributed by atoms with E-state index in [1.165, 1.54) is 16.7 Å². The van der Waals surface area contributed by atoms with Gasteiger partial charge in [0.2, 0.25) is 0 Å². The van der Waals surface area contributed by atoms with Gasteiger partial charge >= 0.3 is 0 Å². The molecule has 0 radical (unpaired) electrons. The number of nitrogens with zero attached hydrogens (tertiary/aromatic N) is 1. The first-order valence-electron chi connectivity index (χ1n) is 12.0. The van der Waals surface area contributed by atoms with Crippen molar-refractivity contribution in [2.45, 2.75) is 55.3 Å². The minimum Gasteiger partial charge on any atom is -0.508 e. The molecule has 2 aromatic rings. The van der Waals surface area contributed by atoms with E-state index in [0.717, 1.165) is 25.8 Å². The summed E-state index contributed by atoms with van der Waals surface area (Å²) in [5, 5.41) is 14.8. The van der Waals surface area contributed by atoms with Crippen molar-refractivity contribution in [1.29, 1.82) is 0 Å². The Kier molecular flexibility index (Phi) is 3.54. The number of phenolic OH excluding ortho intramolecular Hbond substituents is 1. The molecule has 2 aliphatic heterocycles. The van der Waals surface area contributed by atoms with Crippen LogP contribution >= 0.6 is 0 Å². The van der Waals surface area contributed by atoms with Gasteiger partial charge < -0.3 is 20.1 Å². The maximum atomic E-state index is 10.6. The second kappa shape index (κ2) is 5.85. The molecule has 4 heteroatoms. The normalized spacial score (nSPS) is 45.5. The molecule has 0 aromatic heterocycles. The van der Waals surface area contributed by atoms with Gasteiger partial charge in [0.1, 0.15) is 11.4 Å². The van der Waals surface area contributed by atoms with Crippen molar-refractivity contribution in [3.63, 3.8) is 0 Å². The lowest BCUT2D eigenvalue weighted by atomic mass is 9.34. The van der Waals surface area contributed by atoms with Gasteiger partial charge in [-0.05, 0) is 61.7 Å². The molecule has 1 spiro atoms. The van der Waals surface area contributed by atoms with Crippen molar-refractivity contribution in [1.82, 2.24) is 10.2 Å². The summed E-state index contributed by atoms with van der Waals surface area (Å²) in [6.45, 7) is 3.52. The molecule has 8 rings (SSSR count). The Labute approximate surface area is 190 Å². The molecule has 2 heterocycles. The zero-order valence-electron chi connectivity index (χ0n) is 19.1. The van der Waals surface area contributed by atoms with Crippen LogP contribution in [0.3, 0.4) is 0 Å². The number of rotatable bonds is 2. The molecule has 166 valence electrons. The van der Waals surface area contributed by atoms with Crippen LogP contribution in [0, 0.1) is 10.8 Å². The Balaban J connectivity index is 1.55. The average molecular weight is 429 g/mol. The molecular weight excluding hydrogens is 396 g/mol. The SMILES string of the molecule is CO[C@]12C=CC34CC1(C)[C@@H](c1ccccc1)N[C@H]2[C@@]31CCN(C)[C@@H]4Cc2ccc(O)cc21. The van der Waals surface area contributed by atoms with E-state index in [2.05, 4.69) is 78.8 Å². The number of likely N-dealkylation sites (tertiary alicyclic amines) is 1. The third-order valence-electron chi connectivity index (χ3n) is 10.3. The molecule has 2 saturated heterocycles. The quantitative estimate of drug-likeness (QED) is 0.711. The highest BCUT2D eigenvalue weighted by Crippen LogP contribution is 2.77. The highest BCUT2D eigenvalue weighted by Gasteiger charge is 2.81. The molecule has 6 aliphatic rings. The van der Waals surface area contributed by atoms with Crippen LogP contribution in [0.1, 0.15) is 42.5 Å². The monoisotopic (exact) mass is 428 g/mol. The van der Waals surface area contributed by atoms with E-state index in [1.54, 1.807) is 0 Å². The van der Waals surface area contributed by atoms with Crippen molar-refractivity contribution in [2.24, 2.45) is 10.8 Å². The van der Waals surface area contributed by atoms with Gasteiger partial charge in [0, 0.05) is 35.4 Å². The van der Waals surface area contributed by atoms with Crippen LogP contribution in [0.5, 0.6) is 5.75 Å². The summed E-state index contributed by atoms with van der Waals surface area (Å²) >= 11 is 0. The number of phenols is 1.